The third kappa shape index (κ3) is 3.64. The molecule has 15 heavy (non-hydrogen) atoms. The fraction of sp³-hybridized carbons (Fsp3) is 0.364. The zero-order chi connectivity index (χ0) is 11.5. The van der Waals surface area contributed by atoms with Crippen molar-refractivity contribution in [3.63, 3.8) is 0 Å². The Kier molecular flexibility index (Phi) is 3.88. The Labute approximate surface area is 93.4 Å². The first-order valence-corrected chi connectivity index (χ1v) is 5.43. The van der Waals surface area contributed by atoms with Crippen LogP contribution in [0.2, 0.25) is 0 Å². The van der Waals surface area contributed by atoms with Crippen LogP contribution in [0, 0.1) is 12.7 Å². The Morgan fingerprint density at radius 2 is 2.13 bits per heavy atom. The van der Waals surface area contributed by atoms with Gasteiger partial charge in [-0.05, 0) is 56.5 Å². The molecule has 0 heterocycles. The average molecular weight is 227 g/mol. The zero-order valence-electron chi connectivity index (χ0n) is 9.00. The van der Waals surface area contributed by atoms with E-state index in [4.69, 9.17) is 0 Å². The summed E-state index contributed by atoms with van der Waals surface area (Å²) in [4.78, 5) is 11.6. The first-order chi connectivity index (χ1) is 6.94. The van der Waals surface area contributed by atoms with E-state index in [0.29, 0.717) is 0 Å². The molecule has 0 radical (unpaired) electrons. The molecule has 0 atom stereocenters. The minimum atomic E-state index is -0.578. The molecular weight excluding hydrogens is 213 g/mol. The van der Waals surface area contributed by atoms with Crippen molar-refractivity contribution in [1.29, 1.82) is 0 Å². The Balaban J connectivity index is 2.70. The number of rotatable bonds is 4. The van der Waals surface area contributed by atoms with Crippen LogP contribution in [-0.2, 0) is 4.79 Å². The third-order valence-corrected chi connectivity index (χ3v) is 3.16. The van der Waals surface area contributed by atoms with Gasteiger partial charge in [-0.3, -0.25) is 0 Å². The van der Waals surface area contributed by atoms with E-state index in [1.54, 1.807) is 19.9 Å². The van der Waals surface area contributed by atoms with E-state index in [-0.39, 0.29) is 5.82 Å². The number of benzene rings is 1. The maximum Gasteiger partial charge on any atom is 0.140 e. The summed E-state index contributed by atoms with van der Waals surface area (Å²) in [6.45, 7) is 5.40. The molecule has 0 aliphatic carbocycles. The molecule has 1 aromatic carbocycles. The first kappa shape index (κ1) is 12.2. The normalized spacial score (nSPS) is 11.5. The van der Waals surface area contributed by atoms with Gasteiger partial charge < -0.3 is 4.79 Å². The number of halogens is 1. The van der Waals surface area contributed by atoms with E-state index < -0.39 is 5.54 Å². The number of carbonyl (C=O) groups excluding carboxylic acids is 1. The largest absolute Gasteiger partial charge is 0.301 e. The molecule has 0 aromatic heterocycles. The summed E-state index contributed by atoms with van der Waals surface area (Å²) in [5, 5.41) is 0. The quantitative estimate of drug-likeness (QED) is 0.633. The van der Waals surface area contributed by atoms with Crippen molar-refractivity contribution in [2.75, 3.05) is 0 Å². The summed E-state index contributed by atoms with van der Waals surface area (Å²) in [5.41, 5.74) is 0.278. The van der Waals surface area contributed by atoms with Crippen LogP contribution in [0.4, 0.5) is 4.39 Å². The van der Waals surface area contributed by atoms with E-state index in [1.165, 1.54) is 24.1 Å². The molecule has 0 amide bonds. The molecule has 1 aromatic rings. The van der Waals surface area contributed by atoms with E-state index in [0.717, 1.165) is 16.7 Å². The molecule has 0 bridgehead atoms. The van der Waals surface area contributed by atoms with Crippen molar-refractivity contribution < 1.29 is 9.18 Å². The van der Waals surface area contributed by atoms with E-state index in [1.807, 2.05) is 6.92 Å². The van der Waals surface area contributed by atoms with Crippen LogP contribution in [0.5, 0.6) is 0 Å². The summed E-state index contributed by atoms with van der Waals surface area (Å²) in [7, 11) is 0. The second kappa shape index (κ2) is 4.77. The fourth-order valence-electron chi connectivity index (χ4n) is 0.938. The van der Waals surface area contributed by atoms with Gasteiger partial charge >= 0.3 is 0 Å². The standard InChI is InChI=1S/C11H14FNOS/c1-8-6-9(12)4-5-10(8)15-13-11(2,3)7-14/h4-7,13H,1-3H3. The first-order valence-electron chi connectivity index (χ1n) is 4.61. The summed E-state index contributed by atoms with van der Waals surface area (Å²) in [6, 6.07) is 4.58. The van der Waals surface area contributed by atoms with Gasteiger partial charge in [0.1, 0.15) is 12.1 Å². The van der Waals surface area contributed by atoms with Crippen molar-refractivity contribution in [3.8, 4) is 0 Å². The van der Waals surface area contributed by atoms with Crippen LogP contribution >= 0.6 is 11.9 Å². The van der Waals surface area contributed by atoms with Gasteiger partial charge in [0.25, 0.3) is 0 Å². The van der Waals surface area contributed by atoms with Crippen molar-refractivity contribution in [2.45, 2.75) is 31.2 Å². The lowest BCUT2D eigenvalue weighted by atomic mass is 10.1. The highest BCUT2D eigenvalue weighted by Crippen LogP contribution is 2.22. The number of hydrogen-bond donors (Lipinski definition) is 1. The van der Waals surface area contributed by atoms with E-state index >= 15 is 0 Å². The Hall–Kier alpha value is -0.870. The number of hydrogen-bond acceptors (Lipinski definition) is 3. The lowest BCUT2D eigenvalue weighted by molar-refractivity contribution is -0.111. The number of nitrogens with one attached hydrogen (secondary N) is 1. The Morgan fingerprint density at radius 3 is 2.67 bits per heavy atom. The van der Waals surface area contributed by atoms with Gasteiger partial charge in [-0.2, -0.15) is 0 Å². The van der Waals surface area contributed by atoms with Crippen LogP contribution < -0.4 is 4.72 Å². The maximum absolute atomic E-state index is 12.8. The molecule has 82 valence electrons. The van der Waals surface area contributed by atoms with Crippen molar-refractivity contribution in [1.82, 2.24) is 4.72 Å². The van der Waals surface area contributed by atoms with Gasteiger partial charge in [-0.1, -0.05) is 0 Å². The van der Waals surface area contributed by atoms with Gasteiger partial charge in [0.05, 0.1) is 5.54 Å². The van der Waals surface area contributed by atoms with Crippen LogP contribution in [0.3, 0.4) is 0 Å². The Bertz CT molecular complexity index is 366. The molecule has 4 heteroatoms. The van der Waals surface area contributed by atoms with Gasteiger partial charge in [0.15, 0.2) is 0 Å². The maximum atomic E-state index is 12.8. The van der Waals surface area contributed by atoms with Crippen LogP contribution in [0.1, 0.15) is 19.4 Å². The lowest BCUT2D eigenvalue weighted by Gasteiger charge is -2.18. The van der Waals surface area contributed by atoms with Gasteiger partial charge in [-0.25, -0.2) is 9.11 Å². The smallest absolute Gasteiger partial charge is 0.140 e. The molecule has 0 aliphatic heterocycles. The topological polar surface area (TPSA) is 29.1 Å². The van der Waals surface area contributed by atoms with Gasteiger partial charge in [-0.15, -0.1) is 0 Å². The minimum absolute atomic E-state index is 0.244. The average Bonchev–Trinajstić information content (AvgIpc) is 2.16. The van der Waals surface area contributed by atoms with Gasteiger partial charge in [0.2, 0.25) is 0 Å². The summed E-state index contributed by atoms with van der Waals surface area (Å²) >= 11 is 1.34. The Morgan fingerprint density at radius 1 is 1.47 bits per heavy atom. The molecule has 1 rings (SSSR count). The zero-order valence-corrected chi connectivity index (χ0v) is 9.82. The highest BCUT2D eigenvalue weighted by atomic mass is 32.2. The second-order valence-electron chi connectivity index (χ2n) is 3.95. The van der Waals surface area contributed by atoms with Crippen LogP contribution in [0.15, 0.2) is 23.1 Å². The number of aryl methyl sites for hydroxylation is 1. The molecular formula is C11H14FNOS. The predicted molar refractivity (Wildman–Crippen MR) is 60.3 cm³/mol. The molecule has 0 saturated carbocycles. The molecule has 0 unspecified atom stereocenters. The second-order valence-corrected chi connectivity index (χ2v) is 4.80. The van der Waals surface area contributed by atoms with Gasteiger partial charge in [0, 0.05) is 4.90 Å². The molecule has 0 spiro atoms. The van der Waals surface area contributed by atoms with Crippen molar-refractivity contribution >= 4 is 18.2 Å². The molecule has 0 fully saturated rings. The molecule has 0 aliphatic rings. The van der Waals surface area contributed by atoms with Crippen molar-refractivity contribution in [3.05, 3.63) is 29.6 Å². The highest BCUT2D eigenvalue weighted by Gasteiger charge is 2.16. The number of aldehydes is 1. The third-order valence-electron chi connectivity index (χ3n) is 1.86. The number of carbonyl (C=O) groups is 1. The molecule has 0 saturated heterocycles. The summed E-state index contributed by atoms with van der Waals surface area (Å²) in [6.07, 6.45) is 0.846. The van der Waals surface area contributed by atoms with E-state index in [9.17, 15) is 9.18 Å². The monoisotopic (exact) mass is 227 g/mol. The SMILES string of the molecule is Cc1cc(F)ccc1SNC(C)(C)C=O. The summed E-state index contributed by atoms with van der Waals surface area (Å²) in [5.74, 6) is -0.244. The van der Waals surface area contributed by atoms with Crippen LogP contribution in [0.25, 0.3) is 0 Å². The van der Waals surface area contributed by atoms with Crippen molar-refractivity contribution in [2.24, 2.45) is 0 Å². The highest BCUT2D eigenvalue weighted by molar-refractivity contribution is 7.97. The molecule has 1 N–H and O–H groups in total. The van der Waals surface area contributed by atoms with E-state index in [2.05, 4.69) is 4.72 Å². The lowest BCUT2D eigenvalue weighted by Crippen LogP contribution is -2.35. The molecule has 2 nitrogen and oxygen atoms in total. The summed E-state index contributed by atoms with van der Waals surface area (Å²) < 4.78 is 15.8. The predicted octanol–water partition coefficient (Wildman–Crippen LogP) is 2.71. The van der Waals surface area contributed by atoms with Crippen LogP contribution in [-0.4, -0.2) is 11.8 Å². The fourth-order valence-corrected chi connectivity index (χ4v) is 1.72. The minimum Gasteiger partial charge on any atom is -0.301 e.